The second-order valence-electron chi connectivity index (χ2n) is 7.11. The quantitative estimate of drug-likeness (QED) is 0.861. The van der Waals surface area contributed by atoms with Crippen LogP contribution in [0.25, 0.3) is 0 Å². The lowest BCUT2D eigenvalue weighted by Crippen LogP contribution is -2.28. The van der Waals surface area contributed by atoms with Crippen molar-refractivity contribution < 1.29 is 18.4 Å². The number of anilines is 1. The van der Waals surface area contributed by atoms with E-state index >= 15 is 0 Å². The fourth-order valence-electron chi connectivity index (χ4n) is 3.75. The van der Waals surface area contributed by atoms with E-state index in [2.05, 4.69) is 5.32 Å². The maximum Gasteiger partial charge on any atom is 0.263 e. The first kappa shape index (κ1) is 18.1. The number of aryl methyl sites for hydroxylation is 1. The van der Waals surface area contributed by atoms with Crippen LogP contribution in [-0.2, 0) is 17.6 Å². The van der Waals surface area contributed by atoms with Crippen LogP contribution in [0.3, 0.4) is 0 Å². The smallest absolute Gasteiger partial charge is 0.263 e. The molecule has 142 valence electrons. The minimum Gasteiger partial charge on any atom is -0.338 e. The fraction of sp³-hybridized carbons (Fsp3) is 0.400. The molecule has 0 spiro atoms. The Kier molecular flexibility index (Phi) is 4.95. The number of nitrogens with zero attached hydrogens (tertiary/aromatic N) is 1. The third-order valence-corrected chi connectivity index (χ3v) is 6.47. The van der Waals surface area contributed by atoms with Crippen LogP contribution in [-0.4, -0.2) is 29.8 Å². The largest absolute Gasteiger partial charge is 0.338 e. The number of carbonyl (C=O) groups is 2. The second kappa shape index (κ2) is 7.38. The minimum absolute atomic E-state index is 0.0117. The summed E-state index contributed by atoms with van der Waals surface area (Å²) in [6, 6.07) is 5.02. The van der Waals surface area contributed by atoms with Gasteiger partial charge < -0.3 is 10.2 Å². The summed E-state index contributed by atoms with van der Waals surface area (Å²) >= 11 is 1.53. The highest BCUT2D eigenvalue weighted by molar-refractivity contribution is 7.14. The van der Waals surface area contributed by atoms with Gasteiger partial charge in [0.25, 0.3) is 5.91 Å². The van der Waals surface area contributed by atoms with Crippen molar-refractivity contribution in [2.75, 3.05) is 18.4 Å². The second-order valence-corrected chi connectivity index (χ2v) is 8.25. The molecule has 2 heterocycles. The zero-order valence-corrected chi connectivity index (χ0v) is 15.6. The molecule has 2 aromatic rings. The molecule has 1 aliphatic carbocycles. The van der Waals surface area contributed by atoms with Gasteiger partial charge in [-0.3, -0.25) is 9.59 Å². The maximum absolute atomic E-state index is 13.8. The zero-order chi connectivity index (χ0) is 19.0. The van der Waals surface area contributed by atoms with Gasteiger partial charge in [-0.15, -0.1) is 11.3 Å². The van der Waals surface area contributed by atoms with Crippen molar-refractivity contribution in [1.82, 2.24) is 4.90 Å². The van der Waals surface area contributed by atoms with Crippen molar-refractivity contribution in [1.29, 1.82) is 0 Å². The van der Waals surface area contributed by atoms with Gasteiger partial charge in [0.05, 0.1) is 10.6 Å². The molecule has 4 nitrogen and oxygen atoms in total. The van der Waals surface area contributed by atoms with E-state index in [-0.39, 0.29) is 23.4 Å². The van der Waals surface area contributed by atoms with E-state index in [0.29, 0.717) is 12.8 Å². The lowest BCUT2D eigenvalue weighted by atomic mass is 9.87. The van der Waals surface area contributed by atoms with Gasteiger partial charge >= 0.3 is 0 Å². The molecule has 4 rings (SSSR count). The normalized spacial score (nSPS) is 19.0. The van der Waals surface area contributed by atoms with E-state index in [1.165, 1.54) is 17.4 Å². The summed E-state index contributed by atoms with van der Waals surface area (Å²) in [6.07, 6.45) is 4.03. The number of hydrogen-bond acceptors (Lipinski definition) is 3. The summed E-state index contributed by atoms with van der Waals surface area (Å²) in [4.78, 5) is 28.9. The molecule has 0 radical (unpaired) electrons. The van der Waals surface area contributed by atoms with Gasteiger partial charge in [-0.1, -0.05) is 0 Å². The number of benzene rings is 1. The van der Waals surface area contributed by atoms with Crippen LogP contribution in [0, 0.1) is 17.6 Å². The SMILES string of the molecule is O=C(Nc1ccc(F)cc1F)C1CCc2sc(C(=O)N3CCCC3)cc2C1. The Morgan fingerprint density at radius 1 is 1.15 bits per heavy atom. The predicted molar refractivity (Wildman–Crippen MR) is 100.0 cm³/mol. The third-order valence-electron chi connectivity index (χ3n) is 5.25. The molecule has 1 aromatic heterocycles. The first-order valence-electron chi connectivity index (χ1n) is 9.18. The molecular formula is C20H20F2N2O2S. The number of halogens is 2. The summed E-state index contributed by atoms with van der Waals surface area (Å²) < 4.78 is 26.8. The molecule has 2 amide bonds. The molecule has 0 bridgehead atoms. The number of nitrogens with one attached hydrogen (secondary N) is 1. The molecule has 1 aliphatic heterocycles. The van der Waals surface area contributed by atoms with Crippen molar-refractivity contribution >= 4 is 28.8 Å². The molecule has 2 aliphatic rings. The topological polar surface area (TPSA) is 49.4 Å². The van der Waals surface area contributed by atoms with Gasteiger partial charge in [0.15, 0.2) is 0 Å². The highest BCUT2D eigenvalue weighted by Gasteiger charge is 2.29. The molecule has 1 unspecified atom stereocenters. The molecule has 1 aromatic carbocycles. The first-order valence-corrected chi connectivity index (χ1v) is 9.99. The Hall–Kier alpha value is -2.28. The minimum atomic E-state index is -0.783. The lowest BCUT2D eigenvalue weighted by molar-refractivity contribution is -0.120. The number of amides is 2. The number of likely N-dealkylation sites (tertiary alicyclic amines) is 1. The molecule has 1 fully saturated rings. The Labute approximate surface area is 160 Å². The van der Waals surface area contributed by atoms with Crippen molar-refractivity contribution in [2.45, 2.75) is 32.1 Å². The van der Waals surface area contributed by atoms with Gasteiger partial charge in [0.1, 0.15) is 11.6 Å². The first-order chi connectivity index (χ1) is 13.0. The molecule has 1 saturated heterocycles. The monoisotopic (exact) mass is 390 g/mol. The Morgan fingerprint density at radius 2 is 1.93 bits per heavy atom. The van der Waals surface area contributed by atoms with Gasteiger partial charge in [0, 0.05) is 30.0 Å². The van der Waals surface area contributed by atoms with Crippen molar-refractivity contribution in [2.24, 2.45) is 5.92 Å². The number of carbonyl (C=O) groups excluding carboxylic acids is 2. The third kappa shape index (κ3) is 3.74. The Morgan fingerprint density at radius 3 is 2.67 bits per heavy atom. The molecule has 0 saturated carbocycles. The zero-order valence-electron chi connectivity index (χ0n) is 14.8. The summed E-state index contributed by atoms with van der Waals surface area (Å²) in [5.74, 6) is -1.94. The predicted octanol–water partition coefficient (Wildman–Crippen LogP) is 4.01. The average molecular weight is 390 g/mol. The van der Waals surface area contributed by atoms with E-state index in [0.717, 1.165) is 59.8 Å². The fourth-order valence-corrected chi connectivity index (χ4v) is 4.93. The summed E-state index contributed by atoms with van der Waals surface area (Å²) in [7, 11) is 0. The van der Waals surface area contributed by atoms with Crippen molar-refractivity contribution in [3.05, 3.63) is 51.2 Å². The van der Waals surface area contributed by atoms with Gasteiger partial charge in [-0.05, 0) is 55.9 Å². The molecule has 1 N–H and O–H groups in total. The Bertz CT molecular complexity index is 890. The van der Waals surface area contributed by atoms with Crippen molar-refractivity contribution in [3.63, 3.8) is 0 Å². The molecule has 1 atom stereocenters. The van der Waals surface area contributed by atoms with Gasteiger partial charge in [-0.2, -0.15) is 0 Å². The van der Waals surface area contributed by atoms with Crippen molar-refractivity contribution in [3.8, 4) is 0 Å². The van der Waals surface area contributed by atoms with Crippen LogP contribution in [0.15, 0.2) is 24.3 Å². The van der Waals surface area contributed by atoms with Crippen LogP contribution in [0.2, 0.25) is 0 Å². The highest BCUT2D eigenvalue weighted by atomic mass is 32.1. The lowest BCUT2D eigenvalue weighted by Gasteiger charge is -2.21. The van der Waals surface area contributed by atoms with E-state index < -0.39 is 11.6 Å². The number of thiophene rings is 1. The van der Waals surface area contributed by atoms with E-state index in [9.17, 15) is 18.4 Å². The summed E-state index contributed by atoms with van der Waals surface area (Å²) in [5.41, 5.74) is 1.02. The summed E-state index contributed by atoms with van der Waals surface area (Å²) in [6.45, 7) is 1.63. The number of hydrogen-bond donors (Lipinski definition) is 1. The number of fused-ring (bicyclic) bond motifs is 1. The van der Waals surface area contributed by atoms with Crippen LogP contribution in [0.1, 0.15) is 39.4 Å². The standard InChI is InChI=1S/C20H20F2N2O2S/c21-14-4-5-16(15(22)11-14)23-19(25)12-3-6-17-13(9-12)10-18(27-17)20(26)24-7-1-2-8-24/h4-5,10-12H,1-3,6-9H2,(H,23,25). The van der Waals surface area contributed by atoms with Crippen LogP contribution in [0.4, 0.5) is 14.5 Å². The van der Waals surface area contributed by atoms with Crippen LogP contribution >= 0.6 is 11.3 Å². The molecule has 7 heteroatoms. The van der Waals surface area contributed by atoms with E-state index in [1.54, 1.807) is 0 Å². The van der Waals surface area contributed by atoms with Crippen LogP contribution in [0.5, 0.6) is 0 Å². The van der Waals surface area contributed by atoms with Crippen LogP contribution < -0.4 is 5.32 Å². The maximum atomic E-state index is 13.8. The number of rotatable bonds is 3. The van der Waals surface area contributed by atoms with E-state index in [1.807, 2.05) is 11.0 Å². The van der Waals surface area contributed by atoms with Gasteiger partial charge in [0.2, 0.25) is 5.91 Å². The molecule has 27 heavy (non-hydrogen) atoms. The summed E-state index contributed by atoms with van der Waals surface area (Å²) in [5, 5.41) is 2.56. The molecular weight excluding hydrogens is 370 g/mol. The van der Waals surface area contributed by atoms with E-state index in [4.69, 9.17) is 0 Å². The van der Waals surface area contributed by atoms with Gasteiger partial charge in [-0.25, -0.2) is 8.78 Å². The average Bonchev–Trinajstić information content (AvgIpc) is 3.32. The Balaban J connectivity index is 1.44. The highest BCUT2D eigenvalue weighted by Crippen LogP contribution is 2.34.